The van der Waals surface area contributed by atoms with Crippen LogP contribution in [0.1, 0.15) is 23.3 Å². The van der Waals surface area contributed by atoms with Gasteiger partial charge in [-0.05, 0) is 19.1 Å². The summed E-state index contributed by atoms with van der Waals surface area (Å²) in [7, 11) is 3.91. The first kappa shape index (κ1) is 22.7. The van der Waals surface area contributed by atoms with Crippen molar-refractivity contribution in [3.63, 3.8) is 0 Å². The van der Waals surface area contributed by atoms with Gasteiger partial charge < -0.3 is 14.8 Å². The number of aromatic nitrogens is 2. The molecule has 0 saturated carbocycles. The molecule has 0 aliphatic heterocycles. The molecule has 5 nitrogen and oxygen atoms in total. The van der Waals surface area contributed by atoms with Gasteiger partial charge in [0.2, 0.25) is 0 Å². The van der Waals surface area contributed by atoms with E-state index in [1.165, 1.54) is 0 Å². The molecular weight excluding hydrogens is 478 g/mol. The van der Waals surface area contributed by atoms with Crippen LogP contribution >= 0.6 is 35.3 Å². The van der Waals surface area contributed by atoms with Gasteiger partial charge in [0, 0.05) is 50.9 Å². The van der Waals surface area contributed by atoms with Gasteiger partial charge in [0.1, 0.15) is 0 Å². The van der Waals surface area contributed by atoms with Crippen LogP contribution in [0.3, 0.4) is 0 Å². The van der Waals surface area contributed by atoms with Crippen LogP contribution in [0.5, 0.6) is 0 Å². The summed E-state index contributed by atoms with van der Waals surface area (Å²) >= 11 is 1.02. The van der Waals surface area contributed by atoms with Crippen molar-refractivity contribution in [3.05, 3.63) is 40.1 Å². The third kappa shape index (κ3) is 6.45. The minimum atomic E-state index is -4.39. The third-order valence-corrected chi connectivity index (χ3v) is 4.48. The Hall–Kier alpha value is -1.30. The Balaban J connectivity index is 0.00000338. The lowest BCUT2D eigenvalue weighted by molar-refractivity contribution is -0.140. The van der Waals surface area contributed by atoms with Crippen LogP contribution in [-0.2, 0) is 26.2 Å². The Morgan fingerprint density at radius 3 is 2.69 bits per heavy atom. The highest BCUT2D eigenvalue weighted by molar-refractivity contribution is 14.0. The van der Waals surface area contributed by atoms with Gasteiger partial charge in [-0.2, -0.15) is 13.2 Å². The summed E-state index contributed by atoms with van der Waals surface area (Å²) in [5.74, 6) is 0.719. The van der Waals surface area contributed by atoms with Crippen LogP contribution in [0, 0.1) is 0 Å². The van der Waals surface area contributed by atoms with E-state index < -0.39 is 11.9 Å². The van der Waals surface area contributed by atoms with Gasteiger partial charge in [0.25, 0.3) is 0 Å². The summed E-state index contributed by atoms with van der Waals surface area (Å²) < 4.78 is 39.7. The number of nitrogens with zero attached hydrogens (tertiary/aromatic N) is 4. The van der Waals surface area contributed by atoms with E-state index in [1.807, 2.05) is 48.8 Å². The number of thiazole rings is 1. The quantitative estimate of drug-likeness (QED) is 0.373. The van der Waals surface area contributed by atoms with Crippen molar-refractivity contribution in [3.8, 4) is 0 Å². The Morgan fingerprint density at radius 2 is 2.15 bits per heavy atom. The first-order valence-corrected chi connectivity index (χ1v) is 8.80. The summed E-state index contributed by atoms with van der Waals surface area (Å²) in [4.78, 5) is 10.1. The lowest BCUT2D eigenvalue weighted by Gasteiger charge is -2.22. The largest absolute Gasteiger partial charge is 0.434 e. The Morgan fingerprint density at radius 1 is 1.42 bits per heavy atom. The van der Waals surface area contributed by atoms with E-state index in [0.29, 0.717) is 31.1 Å². The molecule has 0 spiro atoms. The number of nitrogens with one attached hydrogen (secondary N) is 1. The molecule has 0 amide bonds. The molecule has 2 aromatic rings. The molecule has 2 heterocycles. The van der Waals surface area contributed by atoms with E-state index in [2.05, 4.69) is 15.3 Å². The first-order valence-electron chi connectivity index (χ1n) is 7.92. The topological polar surface area (TPSA) is 45.5 Å². The van der Waals surface area contributed by atoms with Crippen molar-refractivity contribution in [1.82, 2.24) is 19.8 Å². The monoisotopic (exact) mass is 501 g/mol. The molecule has 0 unspecified atom stereocenters. The molecule has 1 N–H and O–H groups in total. The van der Waals surface area contributed by atoms with Crippen LogP contribution in [-0.4, -0.2) is 40.5 Å². The normalized spacial score (nSPS) is 12.0. The van der Waals surface area contributed by atoms with Crippen LogP contribution < -0.4 is 5.32 Å². The van der Waals surface area contributed by atoms with Gasteiger partial charge in [-0.1, -0.05) is 0 Å². The van der Waals surface area contributed by atoms with E-state index in [1.54, 1.807) is 0 Å². The molecule has 0 atom stereocenters. The second kappa shape index (κ2) is 10.1. The van der Waals surface area contributed by atoms with Crippen LogP contribution in [0.2, 0.25) is 0 Å². The van der Waals surface area contributed by atoms with E-state index in [-0.39, 0.29) is 24.0 Å². The fourth-order valence-electron chi connectivity index (χ4n) is 2.26. The van der Waals surface area contributed by atoms with E-state index in [0.717, 1.165) is 28.4 Å². The fourth-order valence-corrected chi connectivity index (χ4v) is 3.06. The van der Waals surface area contributed by atoms with Crippen LogP contribution in [0.15, 0.2) is 28.7 Å². The molecule has 2 aromatic heterocycles. The van der Waals surface area contributed by atoms with Crippen molar-refractivity contribution in [2.24, 2.45) is 12.0 Å². The van der Waals surface area contributed by atoms with Gasteiger partial charge in [0.15, 0.2) is 11.7 Å². The number of hydrogen-bond donors (Lipinski definition) is 1. The van der Waals surface area contributed by atoms with Crippen molar-refractivity contribution in [1.29, 1.82) is 0 Å². The highest BCUT2D eigenvalue weighted by Gasteiger charge is 2.33. The number of guanidine groups is 1. The molecule has 0 saturated heterocycles. The first-order chi connectivity index (χ1) is 11.8. The highest BCUT2D eigenvalue weighted by Crippen LogP contribution is 2.30. The van der Waals surface area contributed by atoms with E-state index in [4.69, 9.17) is 0 Å². The fraction of sp³-hybridized carbons (Fsp3) is 0.500. The maximum absolute atomic E-state index is 12.6. The second-order valence-electron chi connectivity index (χ2n) is 5.58. The summed E-state index contributed by atoms with van der Waals surface area (Å²) in [6.07, 6.45) is -2.02. The Kier molecular flexibility index (Phi) is 8.87. The maximum atomic E-state index is 12.6. The Labute approximate surface area is 172 Å². The maximum Gasteiger partial charge on any atom is 0.434 e. The molecule has 0 fully saturated rings. The number of aryl methyl sites for hydroxylation is 1. The number of alkyl halides is 3. The average molecular weight is 501 g/mol. The number of rotatable bonds is 6. The van der Waals surface area contributed by atoms with Crippen molar-refractivity contribution in [2.75, 3.05) is 20.1 Å². The molecule has 0 bridgehead atoms. The Bertz CT molecular complexity index is 711. The average Bonchev–Trinajstić information content (AvgIpc) is 3.16. The van der Waals surface area contributed by atoms with E-state index in [9.17, 15) is 13.2 Å². The molecule has 0 aliphatic carbocycles. The third-order valence-electron chi connectivity index (χ3n) is 3.58. The summed E-state index contributed by atoms with van der Waals surface area (Å²) in [6.45, 7) is 3.75. The number of halogens is 4. The zero-order valence-electron chi connectivity index (χ0n) is 14.9. The zero-order chi connectivity index (χ0) is 18.4. The van der Waals surface area contributed by atoms with Crippen LogP contribution in [0.4, 0.5) is 13.2 Å². The standard InChI is InChI=1S/C16H22F3N5S.HI/c1-4-20-15(24(3)10-12-6-5-9-23(12)2)21-8-7-14-22-13(11-25-14)16(17,18)19;/h5-6,9,11H,4,7-8,10H2,1-3H3,(H,20,21);1H. The van der Waals surface area contributed by atoms with Gasteiger partial charge in [0.05, 0.1) is 11.6 Å². The molecular formula is C16H23F3IN5S. The molecule has 26 heavy (non-hydrogen) atoms. The van der Waals surface area contributed by atoms with E-state index >= 15 is 0 Å². The van der Waals surface area contributed by atoms with Gasteiger partial charge in [-0.25, -0.2) is 4.98 Å². The SMILES string of the molecule is CCNC(=NCCc1nc(C(F)(F)F)cs1)N(C)Cc1cccn1C.I. The zero-order valence-corrected chi connectivity index (χ0v) is 18.0. The molecule has 146 valence electrons. The van der Waals surface area contributed by atoms with Crippen molar-refractivity contribution in [2.45, 2.75) is 26.1 Å². The second-order valence-corrected chi connectivity index (χ2v) is 6.52. The lowest BCUT2D eigenvalue weighted by Crippen LogP contribution is -2.39. The van der Waals surface area contributed by atoms with Crippen molar-refractivity contribution < 1.29 is 13.2 Å². The van der Waals surface area contributed by atoms with Gasteiger partial charge in [-0.3, -0.25) is 4.99 Å². The molecule has 0 aliphatic rings. The molecule has 10 heteroatoms. The summed E-state index contributed by atoms with van der Waals surface area (Å²) in [5, 5.41) is 4.69. The molecule has 2 rings (SSSR count). The van der Waals surface area contributed by atoms with Gasteiger partial charge in [-0.15, -0.1) is 35.3 Å². The molecule has 0 radical (unpaired) electrons. The number of aliphatic imine (C=N–C) groups is 1. The van der Waals surface area contributed by atoms with Crippen LogP contribution in [0.25, 0.3) is 0 Å². The minimum Gasteiger partial charge on any atom is -0.357 e. The minimum absolute atomic E-state index is 0. The predicted octanol–water partition coefficient (Wildman–Crippen LogP) is 3.76. The summed E-state index contributed by atoms with van der Waals surface area (Å²) in [5.41, 5.74) is 0.312. The molecule has 0 aromatic carbocycles. The summed E-state index contributed by atoms with van der Waals surface area (Å²) in [6, 6.07) is 4.02. The predicted molar refractivity (Wildman–Crippen MR) is 109 cm³/mol. The number of hydrogen-bond acceptors (Lipinski definition) is 3. The van der Waals surface area contributed by atoms with Crippen molar-refractivity contribution >= 4 is 41.3 Å². The van der Waals surface area contributed by atoms with Gasteiger partial charge >= 0.3 is 6.18 Å². The highest BCUT2D eigenvalue weighted by atomic mass is 127. The lowest BCUT2D eigenvalue weighted by atomic mass is 10.4. The smallest absolute Gasteiger partial charge is 0.357 e.